The number of aliphatic hydroxyl groups excluding tert-OH is 2. The molecule has 70 heavy (non-hydrogen) atoms. The predicted octanol–water partition coefficient (Wildman–Crippen LogP) is 7.81. The Balaban J connectivity index is 1.48. The monoisotopic (exact) mass is 996 g/mol. The number of allylic oxidation sites excluding steroid dienone is 5. The minimum absolute atomic E-state index is 0.0251. The predicted molar refractivity (Wildman–Crippen MR) is 272 cm³/mol. The third-order valence-electron chi connectivity index (χ3n) is 15.3. The fourth-order valence-corrected chi connectivity index (χ4v) is 11.0. The Hall–Kier alpha value is -3.73. The van der Waals surface area contributed by atoms with Crippen LogP contribution in [-0.4, -0.2) is 125 Å². The minimum Gasteiger partial charge on any atom is -0.461 e. The number of amides is 1. The second-order valence-electron chi connectivity index (χ2n) is 20.9. The van der Waals surface area contributed by atoms with Gasteiger partial charge < -0.3 is 50.2 Å². The van der Waals surface area contributed by atoms with Gasteiger partial charge in [0.25, 0.3) is 11.7 Å². The van der Waals surface area contributed by atoms with Crippen LogP contribution in [0.25, 0.3) is 0 Å². The molecule has 2 saturated heterocycles. The van der Waals surface area contributed by atoms with Gasteiger partial charge in [-0.1, -0.05) is 87.4 Å². The van der Waals surface area contributed by atoms with Gasteiger partial charge in [-0.15, -0.1) is 0 Å². The van der Waals surface area contributed by atoms with Crippen molar-refractivity contribution in [3.8, 4) is 0 Å². The van der Waals surface area contributed by atoms with Crippen LogP contribution in [0.3, 0.4) is 0 Å². The summed E-state index contributed by atoms with van der Waals surface area (Å²) in [4.78, 5) is 58.4. The normalized spacial score (nSPS) is 38.2. The molecule has 7 unspecified atom stereocenters. The molecule has 3 fully saturated rings. The highest BCUT2D eigenvalue weighted by Crippen LogP contribution is 2.38. The number of aliphatic hydroxyl groups is 3. The number of ketones is 2. The first-order valence-corrected chi connectivity index (χ1v) is 26.0. The van der Waals surface area contributed by atoms with Crippen molar-refractivity contribution in [2.24, 2.45) is 35.3 Å². The van der Waals surface area contributed by atoms with Gasteiger partial charge >= 0.3 is 5.97 Å². The molecule has 15 heteroatoms. The summed E-state index contributed by atoms with van der Waals surface area (Å²) >= 11 is 6.38. The molecule has 14 nitrogen and oxygen atoms in total. The first-order valence-electron chi connectivity index (χ1n) is 25.6. The summed E-state index contributed by atoms with van der Waals surface area (Å²) < 4.78 is 24.0. The summed E-state index contributed by atoms with van der Waals surface area (Å²) in [5, 5.41) is 38.3. The van der Waals surface area contributed by atoms with Crippen molar-refractivity contribution < 1.29 is 53.4 Å². The molecule has 4 aliphatic rings. The number of nitrogens with zero attached hydrogens (tertiary/aromatic N) is 1. The van der Waals surface area contributed by atoms with Crippen molar-refractivity contribution in [3.05, 3.63) is 76.9 Å². The summed E-state index contributed by atoms with van der Waals surface area (Å²) in [5.74, 6) is -6.46. The number of esters is 1. The number of cyclic esters (lactones) is 1. The van der Waals surface area contributed by atoms with E-state index in [4.69, 9.17) is 36.3 Å². The number of hydrogen-bond donors (Lipinski definition) is 5. The zero-order valence-corrected chi connectivity index (χ0v) is 43.5. The van der Waals surface area contributed by atoms with Gasteiger partial charge in [-0.05, 0) is 139 Å². The maximum Gasteiger partial charge on any atom is 0.329 e. The van der Waals surface area contributed by atoms with Gasteiger partial charge in [0.15, 0.2) is 5.78 Å². The molecule has 1 aromatic rings. The van der Waals surface area contributed by atoms with E-state index in [1.165, 1.54) is 12.0 Å². The molecule has 0 spiro atoms. The number of Topliss-reactive ketones (excluding diaryl/α,β-unsaturated/α-hetero) is 2. The maximum atomic E-state index is 14.5. The zero-order valence-electron chi connectivity index (χ0n) is 42.8. The van der Waals surface area contributed by atoms with Crippen LogP contribution < -0.4 is 11.1 Å². The number of nitrogens with two attached hydrogens (primary N) is 1. The number of piperidine rings is 1. The number of halogens is 1. The number of methoxy groups -OCH3 is 2. The van der Waals surface area contributed by atoms with E-state index in [0.29, 0.717) is 81.2 Å². The van der Waals surface area contributed by atoms with Gasteiger partial charge in [0.2, 0.25) is 5.79 Å². The Morgan fingerprint density at radius 3 is 2.39 bits per heavy atom. The van der Waals surface area contributed by atoms with E-state index >= 15 is 0 Å². The lowest BCUT2D eigenvalue weighted by Gasteiger charge is -2.43. The highest BCUT2D eigenvalue weighted by atomic mass is 35.5. The molecule has 2 bridgehead atoms. The van der Waals surface area contributed by atoms with E-state index in [1.54, 1.807) is 33.1 Å². The molecule has 0 aromatic heterocycles. The largest absolute Gasteiger partial charge is 0.461 e. The van der Waals surface area contributed by atoms with Crippen LogP contribution in [0, 0.1) is 29.6 Å². The standard InChI is InChI=1S/C55H82ClN3O11/c1-33-15-10-9-11-16-34(2)44(58-42-18-14-17-40(56)31-42)32-43-23-20-38(6)55(66,70-43)52(63)53(64)59-26-13-12-19-45(59)54(65)69-47(35(3)28-39-21-24-46(60)48(30-39)67-7)25-22-41(57)29-37(5)50(62)51(68-8)49(61)36(4)27-33/h9-11,14-18,29,31,33,35-36,38-39,41,43-48,50-51,58,60,62,66H,12-13,19-28,30,32,57H2,1-8H3/b11-9+,15-10+,34-16+,37-29+/t33-,35-,36?,38?,39?,41+,43+,44-,45?,46-,47+,48?,50?,51+,55?/m1/s1. The van der Waals surface area contributed by atoms with Crippen LogP contribution in [0.2, 0.25) is 5.02 Å². The van der Waals surface area contributed by atoms with E-state index in [9.17, 15) is 34.5 Å². The SMILES string of the molecule is COC1CC(C[C@@H](C)[C@@H]2CC[C@H](N)/C=C(\C)C(O)[C@@H](OC)C(=O)C(C)C[C@H](C)/C=C/C=C/C=C(\C)[C@H](Nc3cccc(Cl)c3)C[C@@H]3CCC(C)C(O)(O3)C(=O)C(=O)N3CCCCC3C(=O)O2)CC[C@H]1O. The number of benzene rings is 1. The van der Waals surface area contributed by atoms with Gasteiger partial charge in [0, 0.05) is 55.4 Å². The maximum absolute atomic E-state index is 14.5. The van der Waals surface area contributed by atoms with Crippen LogP contribution in [-0.2, 0) is 38.1 Å². The molecule has 1 amide bonds. The van der Waals surface area contributed by atoms with Crippen molar-refractivity contribution in [2.45, 2.75) is 186 Å². The minimum atomic E-state index is -2.43. The highest BCUT2D eigenvalue weighted by molar-refractivity contribution is 6.39. The van der Waals surface area contributed by atoms with Gasteiger partial charge in [-0.25, -0.2) is 4.79 Å². The van der Waals surface area contributed by atoms with Crippen molar-refractivity contribution >= 4 is 40.7 Å². The van der Waals surface area contributed by atoms with Crippen LogP contribution in [0.15, 0.2) is 71.9 Å². The summed E-state index contributed by atoms with van der Waals surface area (Å²) in [6, 6.07) is 5.36. The van der Waals surface area contributed by atoms with Gasteiger partial charge in [-0.2, -0.15) is 0 Å². The Bertz CT molecular complexity index is 2040. The summed E-state index contributed by atoms with van der Waals surface area (Å²) in [5.41, 5.74) is 8.88. The summed E-state index contributed by atoms with van der Waals surface area (Å²) in [6.07, 6.45) is 13.7. The van der Waals surface area contributed by atoms with Gasteiger partial charge in [0.1, 0.15) is 24.4 Å². The summed E-state index contributed by atoms with van der Waals surface area (Å²) in [6.45, 7) is 11.4. The first kappa shape index (κ1) is 57.2. The van der Waals surface area contributed by atoms with Gasteiger partial charge in [-0.3, -0.25) is 14.4 Å². The van der Waals surface area contributed by atoms with Crippen LogP contribution in [0.4, 0.5) is 5.69 Å². The molecule has 1 aromatic carbocycles. The van der Waals surface area contributed by atoms with E-state index in [0.717, 1.165) is 17.7 Å². The lowest BCUT2D eigenvalue weighted by atomic mass is 9.78. The van der Waals surface area contributed by atoms with Crippen LogP contribution >= 0.6 is 11.6 Å². The highest BCUT2D eigenvalue weighted by Gasteiger charge is 2.53. The van der Waals surface area contributed by atoms with Crippen molar-refractivity contribution in [1.29, 1.82) is 0 Å². The molecule has 1 saturated carbocycles. The molecule has 3 aliphatic heterocycles. The van der Waals surface area contributed by atoms with Crippen molar-refractivity contribution in [1.82, 2.24) is 4.90 Å². The first-order chi connectivity index (χ1) is 33.3. The quantitative estimate of drug-likeness (QED) is 0.101. The molecule has 6 N–H and O–H groups in total. The number of rotatable bonds is 7. The molecular formula is C55H82ClN3O11. The number of hydrogen-bond acceptors (Lipinski definition) is 13. The van der Waals surface area contributed by atoms with Crippen molar-refractivity contribution in [3.63, 3.8) is 0 Å². The van der Waals surface area contributed by atoms with Crippen LogP contribution in [0.5, 0.6) is 0 Å². The molecule has 5 rings (SSSR count). The Morgan fingerprint density at radius 1 is 0.914 bits per heavy atom. The second-order valence-corrected chi connectivity index (χ2v) is 21.3. The fourth-order valence-electron chi connectivity index (χ4n) is 10.8. The molecule has 15 atom stereocenters. The molecular weight excluding hydrogens is 914 g/mol. The fraction of sp³-hybridized carbons (Fsp3) is 0.673. The number of carbonyl (C=O) groups is 4. The lowest BCUT2D eigenvalue weighted by Crippen LogP contribution is -2.61. The zero-order chi connectivity index (χ0) is 51.3. The number of nitrogens with one attached hydrogen (secondary N) is 1. The Morgan fingerprint density at radius 2 is 1.67 bits per heavy atom. The van der Waals surface area contributed by atoms with E-state index in [1.807, 2.05) is 76.3 Å². The number of ether oxygens (including phenoxy) is 4. The smallest absolute Gasteiger partial charge is 0.329 e. The number of fused-ring (bicyclic) bond motifs is 3. The molecule has 0 radical (unpaired) electrons. The Kier molecular flexibility index (Phi) is 21.9. The molecule has 3 heterocycles. The number of carbonyl (C=O) groups excluding carboxylic acids is 4. The Labute approximate surface area is 421 Å². The van der Waals surface area contributed by atoms with E-state index in [-0.39, 0.29) is 48.6 Å². The third kappa shape index (κ3) is 15.4. The number of anilines is 1. The molecule has 390 valence electrons. The topological polar surface area (TPSA) is 207 Å². The average Bonchev–Trinajstić information content (AvgIpc) is 3.33. The van der Waals surface area contributed by atoms with E-state index < -0.39 is 77.9 Å². The average molecular weight is 997 g/mol. The van der Waals surface area contributed by atoms with Crippen LogP contribution in [0.1, 0.15) is 125 Å². The molecule has 1 aliphatic carbocycles. The second kappa shape index (κ2) is 26.8. The summed E-state index contributed by atoms with van der Waals surface area (Å²) in [7, 11) is 3.01. The van der Waals surface area contributed by atoms with Gasteiger partial charge in [0.05, 0.1) is 18.3 Å². The lowest BCUT2D eigenvalue weighted by molar-refractivity contribution is -0.263. The van der Waals surface area contributed by atoms with E-state index in [2.05, 4.69) is 5.32 Å². The van der Waals surface area contributed by atoms with Crippen molar-refractivity contribution in [2.75, 3.05) is 26.1 Å². The third-order valence-corrected chi connectivity index (χ3v) is 15.5.